The topological polar surface area (TPSA) is 64.0 Å². The zero-order chi connectivity index (χ0) is 11.3. The van der Waals surface area contributed by atoms with Gasteiger partial charge in [-0.1, -0.05) is 0 Å². The molecular formula is C8H14ClN3O2S. The Hall–Kier alpha value is -0.590. The van der Waals surface area contributed by atoms with Crippen LogP contribution in [0.2, 0.25) is 0 Å². The van der Waals surface area contributed by atoms with Crippen molar-refractivity contribution in [2.45, 2.75) is 13.0 Å². The first kappa shape index (κ1) is 12.5. The SMILES string of the molecule is Cn1ccc(CNS(=O)(=O)CCCCl)n1. The highest BCUT2D eigenvalue weighted by Crippen LogP contribution is 1.97. The number of alkyl halides is 1. The smallest absolute Gasteiger partial charge is 0.211 e. The zero-order valence-electron chi connectivity index (χ0n) is 8.48. The minimum absolute atomic E-state index is 0.0589. The minimum Gasteiger partial charge on any atom is -0.276 e. The highest BCUT2D eigenvalue weighted by Gasteiger charge is 2.09. The summed E-state index contributed by atoms with van der Waals surface area (Å²) < 4.78 is 26.8. The van der Waals surface area contributed by atoms with Gasteiger partial charge >= 0.3 is 0 Å². The molecule has 0 saturated heterocycles. The van der Waals surface area contributed by atoms with E-state index in [9.17, 15) is 8.42 Å². The molecule has 0 aliphatic heterocycles. The van der Waals surface area contributed by atoms with Gasteiger partial charge in [0.1, 0.15) is 0 Å². The van der Waals surface area contributed by atoms with Crippen molar-refractivity contribution in [3.63, 3.8) is 0 Å². The van der Waals surface area contributed by atoms with Crippen LogP contribution in [0.15, 0.2) is 12.3 Å². The van der Waals surface area contributed by atoms with Gasteiger partial charge in [0.15, 0.2) is 0 Å². The van der Waals surface area contributed by atoms with Crippen molar-refractivity contribution in [2.75, 3.05) is 11.6 Å². The number of halogens is 1. The Morgan fingerprint density at radius 1 is 1.60 bits per heavy atom. The number of sulfonamides is 1. The van der Waals surface area contributed by atoms with Gasteiger partial charge in [0.2, 0.25) is 10.0 Å². The molecule has 1 rings (SSSR count). The lowest BCUT2D eigenvalue weighted by Crippen LogP contribution is -2.26. The van der Waals surface area contributed by atoms with Crippen LogP contribution in [0.5, 0.6) is 0 Å². The number of hydrogen-bond donors (Lipinski definition) is 1. The summed E-state index contributed by atoms with van der Waals surface area (Å²) in [6.07, 6.45) is 2.22. The summed E-state index contributed by atoms with van der Waals surface area (Å²) in [6.45, 7) is 0.228. The Morgan fingerprint density at radius 3 is 2.87 bits per heavy atom. The van der Waals surface area contributed by atoms with Gasteiger partial charge in [0, 0.05) is 19.1 Å². The Kier molecular flexibility index (Phi) is 4.56. The molecule has 86 valence electrons. The molecule has 0 aromatic carbocycles. The summed E-state index contributed by atoms with van der Waals surface area (Å²) in [5, 5.41) is 4.06. The highest BCUT2D eigenvalue weighted by molar-refractivity contribution is 7.89. The largest absolute Gasteiger partial charge is 0.276 e. The fourth-order valence-corrected chi connectivity index (χ4v) is 2.39. The molecule has 0 fully saturated rings. The van der Waals surface area contributed by atoms with Crippen molar-refractivity contribution in [3.05, 3.63) is 18.0 Å². The van der Waals surface area contributed by atoms with Crippen molar-refractivity contribution >= 4 is 21.6 Å². The number of rotatable bonds is 6. The van der Waals surface area contributed by atoms with Crippen LogP contribution >= 0.6 is 11.6 Å². The lowest BCUT2D eigenvalue weighted by atomic mass is 10.4. The number of nitrogens with zero attached hydrogens (tertiary/aromatic N) is 2. The Bertz CT molecular complexity index is 402. The molecule has 5 nitrogen and oxygen atoms in total. The fraction of sp³-hybridized carbons (Fsp3) is 0.625. The van der Waals surface area contributed by atoms with Crippen molar-refractivity contribution in [1.82, 2.24) is 14.5 Å². The normalized spacial score (nSPS) is 11.9. The molecule has 15 heavy (non-hydrogen) atoms. The lowest BCUT2D eigenvalue weighted by Gasteiger charge is -2.03. The zero-order valence-corrected chi connectivity index (χ0v) is 10.1. The summed E-state index contributed by atoms with van der Waals surface area (Å²) in [4.78, 5) is 0. The third-order valence-electron chi connectivity index (χ3n) is 1.79. The van der Waals surface area contributed by atoms with Crippen LogP contribution in [0, 0.1) is 0 Å². The molecule has 0 atom stereocenters. The molecule has 0 aliphatic rings. The van der Waals surface area contributed by atoms with Crippen LogP contribution in [-0.2, 0) is 23.6 Å². The van der Waals surface area contributed by atoms with Crippen LogP contribution in [-0.4, -0.2) is 29.8 Å². The van der Waals surface area contributed by atoms with E-state index in [0.717, 1.165) is 0 Å². The molecule has 0 radical (unpaired) electrons. The van der Waals surface area contributed by atoms with Crippen molar-refractivity contribution < 1.29 is 8.42 Å². The maximum Gasteiger partial charge on any atom is 0.211 e. The summed E-state index contributed by atoms with van der Waals surface area (Å²) in [5.74, 6) is 0.411. The van der Waals surface area contributed by atoms with Crippen LogP contribution in [0.3, 0.4) is 0 Å². The van der Waals surface area contributed by atoms with Crippen molar-refractivity contribution in [3.8, 4) is 0 Å². The minimum atomic E-state index is -3.22. The molecule has 0 bridgehead atoms. The van der Waals surface area contributed by atoms with Gasteiger partial charge in [0.25, 0.3) is 0 Å². The Balaban J connectivity index is 2.42. The average molecular weight is 252 g/mol. The molecule has 0 spiro atoms. The monoisotopic (exact) mass is 251 g/mol. The highest BCUT2D eigenvalue weighted by atomic mass is 35.5. The summed E-state index contributed by atoms with van der Waals surface area (Å²) >= 11 is 5.42. The van der Waals surface area contributed by atoms with Gasteiger partial charge in [-0.3, -0.25) is 4.68 Å². The molecule has 1 heterocycles. The lowest BCUT2D eigenvalue weighted by molar-refractivity contribution is 0.578. The molecule has 1 aromatic heterocycles. The van der Waals surface area contributed by atoms with E-state index < -0.39 is 10.0 Å². The van der Waals surface area contributed by atoms with Crippen LogP contribution in [0.1, 0.15) is 12.1 Å². The van der Waals surface area contributed by atoms with E-state index in [0.29, 0.717) is 18.0 Å². The predicted molar refractivity (Wildman–Crippen MR) is 59.2 cm³/mol. The molecule has 7 heteroatoms. The van der Waals surface area contributed by atoms with E-state index in [1.807, 2.05) is 0 Å². The third-order valence-corrected chi connectivity index (χ3v) is 3.47. The Morgan fingerprint density at radius 2 is 2.33 bits per heavy atom. The number of hydrogen-bond acceptors (Lipinski definition) is 3. The maximum atomic E-state index is 11.4. The van der Waals surface area contributed by atoms with Crippen LogP contribution < -0.4 is 4.72 Å². The van der Waals surface area contributed by atoms with Gasteiger partial charge in [0.05, 0.1) is 18.0 Å². The summed E-state index contributed by atoms with van der Waals surface area (Å²) in [7, 11) is -1.43. The quantitative estimate of drug-likeness (QED) is 0.748. The van der Waals surface area contributed by atoms with E-state index in [2.05, 4.69) is 9.82 Å². The molecule has 0 unspecified atom stereocenters. The van der Waals surface area contributed by atoms with E-state index in [1.165, 1.54) is 0 Å². The van der Waals surface area contributed by atoms with E-state index in [1.54, 1.807) is 24.0 Å². The van der Waals surface area contributed by atoms with Gasteiger partial charge in [-0.05, 0) is 12.5 Å². The molecule has 0 aliphatic carbocycles. The van der Waals surface area contributed by atoms with Gasteiger partial charge in [-0.15, -0.1) is 11.6 Å². The van der Waals surface area contributed by atoms with Crippen molar-refractivity contribution in [1.29, 1.82) is 0 Å². The maximum absolute atomic E-state index is 11.4. The second kappa shape index (κ2) is 5.48. The molecule has 0 saturated carbocycles. The first-order valence-electron chi connectivity index (χ1n) is 4.55. The van der Waals surface area contributed by atoms with Crippen molar-refractivity contribution in [2.24, 2.45) is 7.05 Å². The first-order valence-corrected chi connectivity index (χ1v) is 6.74. The molecule has 1 N–H and O–H groups in total. The summed E-state index contributed by atoms with van der Waals surface area (Å²) in [6, 6.07) is 1.77. The number of aromatic nitrogens is 2. The van der Waals surface area contributed by atoms with Crippen LogP contribution in [0.4, 0.5) is 0 Å². The van der Waals surface area contributed by atoms with Crippen LogP contribution in [0.25, 0.3) is 0 Å². The molecule has 0 amide bonds. The van der Waals surface area contributed by atoms with E-state index >= 15 is 0 Å². The van der Waals surface area contributed by atoms with Gasteiger partial charge in [-0.25, -0.2) is 13.1 Å². The second-order valence-electron chi connectivity index (χ2n) is 3.16. The fourth-order valence-electron chi connectivity index (χ4n) is 1.06. The molecule has 1 aromatic rings. The third kappa shape index (κ3) is 4.63. The van der Waals surface area contributed by atoms with Gasteiger partial charge in [-0.2, -0.15) is 5.10 Å². The number of aryl methyl sites for hydroxylation is 1. The standard InChI is InChI=1S/C8H14ClN3O2S/c1-12-5-3-8(11-12)7-10-15(13,14)6-2-4-9/h3,5,10H,2,4,6-7H2,1H3. The first-order chi connectivity index (χ1) is 7.03. The predicted octanol–water partition coefficient (Wildman–Crippen LogP) is 0.468. The second-order valence-corrected chi connectivity index (χ2v) is 5.47. The Labute approximate surface area is 94.5 Å². The average Bonchev–Trinajstić information content (AvgIpc) is 2.59. The number of nitrogens with one attached hydrogen (secondary N) is 1. The van der Waals surface area contributed by atoms with E-state index in [-0.39, 0.29) is 12.3 Å². The van der Waals surface area contributed by atoms with Gasteiger partial charge < -0.3 is 0 Å². The summed E-state index contributed by atoms with van der Waals surface area (Å²) in [5.41, 5.74) is 0.701. The van der Waals surface area contributed by atoms with E-state index in [4.69, 9.17) is 11.6 Å². The molecular weight excluding hydrogens is 238 g/mol.